The number of methoxy groups -OCH3 is 1. The van der Waals surface area contributed by atoms with Gasteiger partial charge in [-0.1, -0.05) is 18.5 Å². The van der Waals surface area contributed by atoms with Gasteiger partial charge in [0.1, 0.15) is 5.70 Å². The normalized spacial score (nSPS) is 14.7. The molecule has 1 aliphatic rings. The summed E-state index contributed by atoms with van der Waals surface area (Å²) >= 11 is 6.00. The van der Waals surface area contributed by atoms with E-state index in [2.05, 4.69) is 5.32 Å². The Balaban J connectivity index is 2.51. The van der Waals surface area contributed by atoms with E-state index in [1.54, 1.807) is 6.92 Å². The maximum Gasteiger partial charge on any atom is 0.337 e. The van der Waals surface area contributed by atoms with Crippen molar-refractivity contribution >= 4 is 39.0 Å². The van der Waals surface area contributed by atoms with Gasteiger partial charge in [0.05, 0.1) is 42.2 Å². The van der Waals surface area contributed by atoms with E-state index in [1.807, 2.05) is 0 Å². The molecule has 2 rings (SSSR count). The Hall–Kier alpha value is -2.10. The summed E-state index contributed by atoms with van der Waals surface area (Å²) in [6, 6.07) is 4.19. The minimum absolute atomic E-state index is 0.0149. The van der Waals surface area contributed by atoms with Crippen LogP contribution in [-0.2, 0) is 24.2 Å². The summed E-state index contributed by atoms with van der Waals surface area (Å²) in [6.45, 7) is 1.44. The quantitative estimate of drug-likeness (QED) is 0.612. The van der Waals surface area contributed by atoms with Gasteiger partial charge in [0, 0.05) is 11.6 Å². The van der Waals surface area contributed by atoms with Crippen LogP contribution >= 0.6 is 11.6 Å². The van der Waals surface area contributed by atoms with E-state index in [1.165, 1.54) is 30.2 Å². The average molecular weight is 417 g/mol. The van der Waals surface area contributed by atoms with Crippen molar-refractivity contribution in [2.24, 2.45) is 0 Å². The number of amides is 1. The number of anilines is 1. The number of hydrogen-bond acceptors (Lipinski definition) is 7. The first kappa shape index (κ1) is 21.2. The van der Waals surface area contributed by atoms with Crippen LogP contribution in [0.15, 0.2) is 34.4 Å². The van der Waals surface area contributed by atoms with Crippen LogP contribution in [0.25, 0.3) is 0 Å². The number of esters is 1. The van der Waals surface area contributed by atoms with E-state index < -0.39 is 21.7 Å². The highest BCUT2D eigenvalue weighted by molar-refractivity contribution is 7.91. The Morgan fingerprint density at radius 1 is 1.41 bits per heavy atom. The lowest BCUT2D eigenvalue weighted by atomic mass is 10.2. The number of carbonyl (C=O) groups is 2. The molecule has 1 aromatic rings. The van der Waals surface area contributed by atoms with Gasteiger partial charge in [-0.15, -0.1) is 0 Å². The maximum absolute atomic E-state index is 12.6. The van der Waals surface area contributed by atoms with E-state index >= 15 is 0 Å². The van der Waals surface area contributed by atoms with E-state index in [-0.39, 0.29) is 52.3 Å². The summed E-state index contributed by atoms with van der Waals surface area (Å²) < 4.78 is 29.8. The smallest absolute Gasteiger partial charge is 0.337 e. The number of rotatable bonds is 8. The molecule has 0 unspecified atom stereocenters. The SMILES string of the molecule is CCCS(=O)(=O)c1ccc(Cl)cc1NC1=C(C(=O)OC)CN(CCO)C1=O. The Labute approximate surface area is 162 Å². The molecule has 0 aromatic heterocycles. The molecule has 27 heavy (non-hydrogen) atoms. The second-order valence-corrected chi connectivity index (χ2v) is 8.39. The number of nitrogens with one attached hydrogen (secondary N) is 1. The Morgan fingerprint density at radius 3 is 2.70 bits per heavy atom. The molecule has 0 atom stereocenters. The molecule has 0 aliphatic carbocycles. The number of hydrogen-bond donors (Lipinski definition) is 2. The van der Waals surface area contributed by atoms with Crippen molar-refractivity contribution < 1.29 is 27.9 Å². The molecule has 0 saturated carbocycles. The van der Waals surface area contributed by atoms with Gasteiger partial charge >= 0.3 is 5.97 Å². The number of halogens is 1. The molecule has 0 bridgehead atoms. The number of aliphatic hydroxyl groups is 1. The summed E-state index contributed by atoms with van der Waals surface area (Å²) in [4.78, 5) is 25.9. The summed E-state index contributed by atoms with van der Waals surface area (Å²) in [5.41, 5.74) is 0.0619. The lowest BCUT2D eigenvalue weighted by molar-refractivity contribution is -0.136. The molecule has 148 valence electrons. The predicted octanol–water partition coefficient (Wildman–Crippen LogP) is 1.20. The first-order valence-corrected chi connectivity index (χ1v) is 10.3. The summed E-state index contributed by atoms with van der Waals surface area (Å²) in [5.74, 6) is -1.33. The second-order valence-electron chi connectivity index (χ2n) is 5.88. The predicted molar refractivity (Wildman–Crippen MR) is 100 cm³/mol. The highest BCUT2D eigenvalue weighted by Gasteiger charge is 2.35. The molecule has 1 aromatic carbocycles. The molecule has 0 fully saturated rings. The van der Waals surface area contributed by atoms with Gasteiger partial charge in [-0.3, -0.25) is 4.79 Å². The van der Waals surface area contributed by atoms with Crippen LogP contribution in [0, 0.1) is 0 Å². The number of ether oxygens (including phenoxy) is 1. The van der Waals surface area contributed by atoms with Gasteiger partial charge in [-0.2, -0.15) is 0 Å². The van der Waals surface area contributed by atoms with Gasteiger partial charge in [-0.05, 0) is 24.6 Å². The molecule has 1 aliphatic heterocycles. The fourth-order valence-corrected chi connectivity index (χ4v) is 4.38. The van der Waals surface area contributed by atoms with Crippen molar-refractivity contribution in [2.45, 2.75) is 18.2 Å². The minimum atomic E-state index is -3.61. The number of carbonyl (C=O) groups excluding carboxylic acids is 2. The number of aliphatic hydroxyl groups excluding tert-OH is 1. The fourth-order valence-electron chi connectivity index (χ4n) is 2.73. The van der Waals surface area contributed by atoms with Crippen molar-refractivity contribution in [1.29, 1.82) is 0 Å². The Morgan fingerprint density at radius 2 is 2.11 bits per heavy atom. The van der Waals surface area contributed by atoms with Crippen LogP contribution in [0.5, 0.6) is 0 Å². The Kier molecular flexibility index (Phi) is 6.85. The van der Waals surface area contributed by atoms with E-state index in [0.717, 1.165) is 0 Å². The van der Waals surface area contributed by atoms with Crippen molar-refractivity contribution in [3.63, 3.8) is 0 Å². The van der Waals surface area contributed by atoms with Gasteiger partial charge in [0.2, 0.25) is 0 Å². The van der Waals surface area contributed by atoms with Crippen LogP contribution in [0.3, 0.4) is 0 Å². The van der Waals surface area contributed by atoms with Crippen LogP contribution in [0.1, 0.15) is 13.3 Å². The van der Waals surface area contributed by atoms with Crippen molar-refractivity contribution in [3.8, 4) is 0 Å². The molecule has 8 nitrogen and oxygen atoms in total. The van der Waals surface area contributed by atoms with Crippen LogP contribution in [-0.4, -0.2) is 62.9 Å². The monoisotopic (exact) mass is 416 g/mol. The maximum atomic E-state index is 12.6. The van der Waals surface area contributed by atoms with E-state index in [0.29, 0.717) is 6.42 Å². The summed E-state index contributed by atoms with van der Waals surface area (Å²) in [5, 5.41) is 12.1. The number of benzene rings is 1. The lowest BCUT2D eigenvalue weighted by Crippen LogP contribution is -2.31. The average Bonchev–Trinajstić information content (AvgIpc) is 2.91. The zero-order valence-electron chi connectivity index (χ0n) is 15.0. The Bertz CT molecular complexity index is 881. The first-order valence-electron chi connectivity index (χ1n) is 8.26. The van der Waals surface area contributed by atoms with Crippen molar-refractivity contribution in [2.75, 3.05) is 37.9 Å². The third-order valence-corrected chi connectivity index (χ3v) is 6.17. The third-order valence-electron chi connectivity index (χ3n) is 3.96. The molecule has 10 heteroatoms. The molecule has 1 amide bonds. The van der Waals surface area contributed by atoms with Gasteiger partial charge < -0.3 is 20.1 Å². The highest BCUT2D eigenvalue weighted by Crippen LogP contribution is 2.30. The number of β-amino-alcohol motifs (C(OH)–C–C–N with tert-alkyl or cyclic N) is 1. The standard InChI is InChI=1S/C17H21ClN2O6S/c1-3-8-27(24,25)14-5-4-11(18)9-13(14)19-15-12(17(23)26-2)10-20(6-7-21)16(15)22/h4-5,9,19,21H,3,6-8,10H2,1-2H3. The van der Waals surface area contributed by atoms with Crippen LogP contribution in [0.2, 0.25) is 5.02 Å². The third kappa shape index (κ3) is 4.60. The fraction of sp³-hybridized carbons (Fsp3) is 0.412. The highest BCUT2D eigenvalue weighted by atomic mass is 35.5. The lowest BCUT2D eigenvalue weighted by Gasteiger charge is -2.16. The van der Waals surface area contributed by atoms with Crippen molar-refractivity contribution in [3.05, 3.63) is 34.5 Å². The molecule has 2 N–H and O–H groups in total. The number of nitrogens with zero attached hydrogens (tertiary/aromatic N) is 1. The van der Waals surface area contributed by atoms with Crippen LogP contribution < -0.4 is 5.32 Å². The van der Waals surface area contributed by atoms with E-state index in [4.69, 9.17) is 21.4 Å². The van der Waals surface area contributed by atoms with Gasteiger partial charge in [0.25, 0.3) is 5.91 Å². The van der Waals surface area contributed by atoms with Gasteiger partial charge in [0.15, 0.2) is 9.84 Å². The first-order chi connectivity index (χ1) is 12.7. The molecule has 1 heterocycles. The molecule has 0 spiro atoms. The van der Waals surface area contributed by atoms with Crippen molar-refractivity contribution in [1.82, 2.24) is 4.90 Å². The zero-order valence-corrected chi connectivity index (χ0v) is 16.6. The minimum Gasteiger partial charge on any atom is -0.466 e. The molecule has 0 saturated heterocycles. The van der Waals surface area contributed by atoms with E-state index in [9.17, 15) is 18.0 Å². The molecular formula is C17H21ClN2O6S. The largest absolute Gasteiger partial charge is 0.466 e. The summed E-state index contributed by atoms with van der Waals surface area (Å²) in [6.07, 6.45) is 0.420. The second kappa shape index (κ2) is 8.73. The number of sulfone groups is 1. The topological polar surface area (TPSA) is 113 Å². The molecule has 0 radical (unpaired) electrons. The summed E-state index contributed by atoms with van der Waals surface area (Å²) in [7, 11) is -2.43. The molecular weight excluding hydrogens is 396 g/mol. The van der Waals surface area contributed by atoms with Crippen LogP contribution in [0.4, 0.5) is 5.69 Å². The van der Waals surface area contributed by atoms with Gasteiger partial charge in [-0.25, -0.2) is 13.2 Å². The zero-order chi connectivity index (χ0) is 20.2.